The molecule has 0 aliphatic carbocycles. The largest absolute Gasteiger partial charge is 0.459 e. The third-order valence-electron chi connectivity index (χ3n) is 3.03. The summed E-state index contributed by atoms with van der Waals surface area (Å²) in [7, 11) is 2.08. The monoisotopic (exact) mass is 289 g/mol. The fourth-order valence-corrected chi connectivity index (χ4v) is 2.16. The number of hydrogen-bond donors (Lipinski definition) is 0. The molecule has 1 fully saturated rings. The number of hydrogen-bond acceptors (Lipinski definition) is 3. The van der Waals surface area contributed by atoms with E-state index in [-0.39, 0.29) is 24.5 Å². The van der Waals surface area contributed by atoms with Crippen molar-refractivity contribution in [3.63, 3.8) is 0 Å². The number of rotatable bonds is 2. The van der Waals surface area contributed by atoms with E-state index >= 15 is 0 Å². The number of benzene rings is 1. The number of carbonyl (C=O) groups is 1. The molecule has 0 amide bonds. The molecule has 0 radical (unpaired) electrons. The summed E-state index contributed by atoms with van der Waals surface area (Å²) in [5.74, 6) is -0.315. The van der Waals surface area contributed by atoms with Crippen molar-refractivity contribution < 1.29 is 9.53 Å². The van der Waals surface area contributed by atoms with Gasteiger partial charge in [0.1, 0.15) is 6.10 Å². The number of nitrogens with zero attached hydrogens (tertiary/aromatic N) is 1. The Morgan fingerprint density at radius 2 is 1.94 bits per heavy atom. The molecule has 1 heterocycles. The van der Waals surface area contributed by atoms with Crippen LogP contribution in [0.1, 0.15) is 23.2 Å². The summed E-state index contributed by atoms with van der Waals surface area (Å²) < 4.78 is 5.46. The predicted molar refractivity (Wildman–Crippen MR) is 74.6 cm³/mol. The number of esters is 1. The smallest absolute Gasteiger partial charge is 0.339 e. The average molecular weight is 290 g/mol. The van der Waals surface area contributed by atoms with Crippen LogP contribution in [0, 0.1) is 0 Å². The van der Waals surface area contributed by atoms with Gasteiger partial charge in [-0.05, 0) is 32.0 Å². The van der Waals surface area contributed by atoms with Crippen LogP contribution in [0.15, 0.2) is 24.3 Å². The van der Waals surface area contributed by atoms with Crippen molar-refractivity contribution in [2.24, 2.45) is 0 Å². The van der Waals surface area contributed by atoms with Gasteiger partial charge in [-0.2, -0.15) is 0 Å². The molecule has 3 nitrogen and oxygen atoms in total. The molecule has 0 bridgehead atoms. The minimum atomic E-state index is -0.315. The third-order valence-corrected chi connectivity index (χ3v) is 3.36. The molecule has 0 N–H and O–H groups in total. The van der Waals surface area contributed by atoms with Gasteiger partial charge < -0.3 is 9.64 Å². The molecule has 1 saturated heterocycles. The van der Waals surface area contributed by atoms with Gasteiger partial charge in [0.05, 0.1) is 10.6 Å². The van der Waals surface area contributed by atoms with Crippen molar-refractivity contribution in [2.45, 2.75) is 18.9 Å². The molecule has 0 aromatic heterocycles. The van der Waals surface area contributed by atoms with Gasteiger partial charge in [0, 0.05) is 13.1 Å². The van der Waals surface area contributed by atoms with Crippen LogP contribution in [0.2, 0.25) is 5.02 Å². The Morgan fingerprint density at radius 3 is 2.56 bits per heavy atom. The van der Waals surface area contributed by atoms with E-state index < -0.39 is 0 Å². The van der Waals surface area contributed by atoms with E-state index in [0.29, 0.717) is 10.6 Å². The second-order valence-corrected chi connectivity index (χ2v) is 4.79. The second-order valence-electron chi connectivity index (χ2n) is 4.39. The first-order chi connectivity index (χ1) is 8.16. The molecular weight excluding hydrogens is 273 g/mol. The van der Waals surface area contributed by atoms with Crippen LogP contribution >= 0.6 is 24.0 Å². The van der Waals surface area contributed by atoms with E-state index in [9.17, 15) is 4.79 Å². The van der Waals surface area contributed by atoms with Crippen molar-refractivity contribution in [2.75, 3.05) is 20.1 Å². The predicted octanol–water partition coefficient (Wildman–Crippen LogP) is 3.01. The molecule has 0 saturated carbocycles. The molecule has 18 heavy (non-hydrogen) atoms. The summed E-state index contributed by atoms with van der Waals surface area (Å²) in [6.07, 6.45) is 1.81. The number of piperidine rings is 1. The summed E-state index contributed by atoms with van der Waals surface area (Å²) >= 11 is 5.95. The minimum absolute atomic E-state index is 0. The maximum absolute atomic E-state index is 11.9. The second kappa shape index (κ2) is 6.98. The topological polar surface area (TPSA) is 29.5 Å². The molecule has 0 atom stereocenters. The standard InChI is InChI=1S/C13H16ClNO2.ClH/c1-15-8-6-10(7-9-15)17-13(16)11-4-2-3-5-12(11)14;/h2-5,10H,6-9H2,1H3;1H. The van der Waals surface area contributed by atoms with Crippen LogP contribution in [0.4, 0.5) is 0 Å². The maximum Gasteiger partial charge on any atom is 0.339 e. The highest BCUT2D eigenvalue weighted by molar-refractivity contribution is 6.33. The lowest BCUT2D eigenvalue weighted by molar-refractivity contribution is 0.0139. The minimum Gasteiger partial charge on any atom is -0.459 e. The van der Waals surface area contributed by atoms with E-state index in [1.165, 1.54) is 0 Å². The fourth-order valence-electron chi connectivity index (χ4n) is 1.94. The van der Waals surface area contributed by atoms with Crippen molar-refractivity contribution in [3.8, 4) is 0 Å². The molecule has 2 rings (SSSR count). The van der Waals surface area contributed by atoms with E-state index in [0.717, 1.165) is 25.9 Å². The lowest BCUT2D eigenvalue weighted by Crippen LogP contribution is -2.35. The Bertz CT molecular complexity index is 404. The Labute approximate surface area is 118 Å². The number of ether oxygens (including phenoxy) is 1. The van der Waals surface area contributed by atoms with E-state index in [2.05, 4.69) is 11.9 Å². The summed E-state index contributed by atoms with van der Waals surface area (Å²) in [5, 5.41) is 0.449. The highest BCUT2D eigenvalue weighted by atomic mass is 35.5. The van der Waals surface area contributed by atoms with Gasteiger partial charge in [-0.1, -0.05) is 23.7 Å². The zero-order valence-corrected chi connectivity index (χ0v) is 11.8. The molecule has 1 aliphatic rings. The number of likely N-dealkylation sites (tertiary alicyclic amines) is 1. The Morgan fingerprint density at radius 1 is 1.33 bits per heavy atom. The lowest BCUT2D eigenvalue weighted by atomic mass is 10.1. The summed E-state index contributed by atoms with van der Waals surface area (Å²) in [5.41, 5.74) is 0.452. The van der Waals surface area contributed by atoms with Gasteiger partial charge in [-0.15, -0.1) is 12.4 Å². The first-order valence-electron chi connectivity index (χ1n) is 5.81. The molecule has 0 unspecified atom stereocenters. The van der Waals surface area contributed by atoms with Crippen molar-refractivity contribution >= 4 is 30.0 Å². The van der Waals surface area contributed by atoms with Gasteiger partial charge in [0.15, 0.2) is 0 Å². The molecule has 1 aromatic carbocycles. The molecule has 1 aromatic rings. The van der Waals surface area contributed by atoms with E-state index in [1.54, 1.807) is 24.3 Å². The Kier molecular flexibility index (Phi) is 5.93. The van der Waals surface area contributed by atoms with Crippen molar-refractivity contribution in [3.05, 3.63) is 34.9 Å². The van der Waals surface area contributed by atoms with Crippen LogP contribution in [0.25, 0.3) is 0 Å². The maximum atomic E-state index is 11.9. The normalized spacial score (nSPS) is 17.0. The summed E-state index contributed by atoms with van der Waals surface area (Å²) in [6, 6.07) is 6.98. The first kappa shape index (κ1) is 15.3. The third kappa shape index (κ3) is 3.87. The lowest BCUT2D eigenvalue weighted by Gasteiger charge is -2.28. The average Bonchev–Trinajstić information content (AvgIpc) is 2.32. The van der Waals surface area contributed by atoms with Gasteiger partial charge >= 0.3 is 5.97 Å². The number of carbonyl (C=O) groups excluding carboxylic acids is 1. The van der Waals surface area contributed by atoms with Crippen LogP contribution in [-0.4, -0.2) is 37.1 Å². The zero-order valence-electron chi connectivity index (χ0n) is 10.3. The Balaban J connectivity index is 0.00000162. The first-order valence-corrected chi connectivity index (χ1v) is 6.18. The zero-order chi connectivity index (χ0) is 12.3. The molecule has 100 valence electrons. The molecule has 5 heteroatoms. The van der Waals surface area contributed by atoms with Crippen molar-refractivity contribution in [1.29, 1.82) is 0 Å². The highest BCUT2D eigenvalue weighted by Crippen LogP contribution is 2.19. The van der Waals surface area contributed by atoms with E-state index in [1.807, 2.05) is 0 Å². The molecule has 1 aliphatic heterocycles. The summed E-state index contributed by atoms with van der Waals surface area (Å²) in [4.78, 5) is 14.1. The molecular formula is C13H17Cl2NO2. The number of halogens is 2. The quantitative estimate of drug-likeness (QED) is 0.784. The van der Waals surface area contributed by atoms with Crippen LogP contribution in [0.3, 0.4) is 0 Å². The van der Waals surface area contributed by atoms with Crippen LogP contribution < -0.4 is 0 Å². The Hall–Kier alpha value is -0.770. The van der Waals surface area contributed by atoms with Gasteiger partial charge in [0.2, 0.25) is 0 Å². The van der Waals surface area contributed by atoms with Gasteiger partial charge in [-0.3, -0.25) is 0 Å². The summed E-state index contributed by atoms with van der Waals surface area (Å²) in [6.45, 7) is 1.95. The SMILES string of the molecule is CN1CCC(OC(=O)c2ccccc2Cl)CC1.Cl. The van der Waals surface area contributed by atoms with Crippen molar-refractivity contribution in [1.82, 2.24) is 4.90 Å². The van der Waals surface area contributed by atoms with E-state index in [4.69, 9.17) is 16.3 Å². The van der Waals surface area contributed by atoms with Crippen LogP contribution in [-0.2, 0) is 4.74 Å². The highest BCUT2D eigenvalue weighted by Gasteiger charge is 2.21. The molecule has 0 spiro atoms. The van der Waals surface area contributed by atoms with Crippen LogP contribution in [0.5, 0.6) is 0 Å². The van der Waals surface area contributed by atoms with Gasteiger partial charge in [-0.25, -0.2) is 4.79 Å². The fraction of sp³-hybridized carbons (Fsp3) is 0.462. The van der Waals surface area contributed by atoms with Gasteiger partial charge in [0.25, 0.3) is 0 Å².